The van der Waals surface area contributed by atoms with Crippen molar-refractivity contribution in [2.45, 2.75) is 38.6 Å². The minimum absolute atomic E-state index is 0.0514. The standard InChI is InChI=1S/C27H24F2N4O3S/c1-15(30-25(35)11-17-8-19(28)12-20(29)9-17)26(36)31-21-5-3-18(4-6-21)22-13-33-23-10-16(14-34)2-7-24(23)37-27(33)32-22/h3-6,8-9,12-16H,2,7,10-11H2,1H3,(H,30,35)(H,31,36)/t15-,16?/m0/s1. The van der Waals surface area contributed by atoms with Crippen molar-refractivity contribution in [3.63, 3.8) is 0 Å². The van der Waals surface area contributed by atoms with E-state index in [0.717, 1.165) is 65.7 Å². The Kier molecular flexibility index (Phi) is 6.84. The molecule has 2 heterocycles. The van der Waals surface area contributed by atoms with Gasteiger partial charge in [0.2, 0.25) is 11.8 Å². The molecule has 5 rings (SSSR count). The van der Waals surface area contributed by atoms with Gasteiger partial charge in [0.25, 0.3) is 0 Å². The zero-order valence-electron chi connectivity index (χ0n) is 20.0. The Labute approximate surface area is 215 Å². The van der Waals surface area contributed by atoms with Gasteiger partial charge in [-0.25, -0.2) is 13.8 Å². The summed E-state index contributed by atoms with van der Waals surface area (Å²) in [6.45, 7) is 1.53. The number of benzene rings is 2. The van der Waals surface area contributed by atoms with Crippen molar-refractivity contribution in [2.24, 2.45) is 5.92 Å². The highest BCUT2D eigenvalue weighted by molar-refractivity contribution is 7.17. The number of aromatic nitrogens is 2. The lowest BCUT2D eigenvalue weighted by atomic mass is 9.92. The first kappa shape index (κ1) is 24.8. The molecule has 37 heavy (non-hydrogen) atoms. The molecular weight excluding hydrogens is 498 g/mol. The summed E-state index contributed by atoms with van der Waals surface area (Å²) in [6, 6.07) is 9.24. The van der Waals surface area contributed by atoms with Gasteiger partial charge < -0.3 is 15.4 Å². The summed E-state index contributed by atoms with van der Waals surface area (Å²) >= 11 is 1.66. The van der Waals surface area contributed by atoms with Crippen LogP contribution in [0.5, 0.6) is 0 Å². The van der Waals surface area contributed by atoms with Gasteiger partial charge in [-0.3, -0.25) is 14.0 Å². The Bertz CT molecular complexity index is 1480. The third-order valence-corrected chi connectivity index (χ3v) is 7.55. The van der Waals surface area contributed by atoms with Gasteiger partial charge in [0, 0.05) is 40.0 Å². The molecule has 0 aliphatic heterocycles. The number of carbonyl (C=O) groups is 3. The number of amides is 2. The molecule has 0 saturated carbocycles. The fraction of sp³-hybridized carbons (Fsp3) is 0.259. The number of aldehydes is 1. The molecule has 7 nitrogen and oxygen atoms in total. The lowest BCUT2D eigenvalue weighted by Crippen LogP contribution is -2.42. The van der Waals surface area contributed by atoms with Gasteiger partial charge in [-0.05, 0) is 56.0 Å². The van der Waals surface area contributed by atoms with Crippen LogP contribution in [0.15, 0.2) is 48.7 Å². The molecule has 10 heteroatoms. The molecule has 2 atom stereocenters. The largest absolute Gasteiger partial charge is 0.344 e. The number of rotatable bonds is 7. The van der Waals surface area contributed by atoms with Gasteiger partial charge >= 0.3 is 0 Å². The van der Waals surface area contributed by atoms with E-state index in [1.54, 1.807) is 23.5 Å². The molecule has 0 bridgehead atoms. The number of hydrogen-bond acceptors (Lipinski definition) is 5. The number of fused-ring (bicyclic) bond motifs is 3. The molecule has 0 fully saturated rings. The fourth-order valence-corrected chi connectivity index (χ4v) is 5.64. The molecule has 1 aliphatic carbocycles. The second-order valence-electron chi connectivity index (χ2n) is 9.20. The van der Waals surface area contributed by atoms with E-state index in [-0.39, 0.29) is 17.9 Å². The van der Waals surface area contributed by atoms with E-state index < -0.39 is 29.5 Å². The number of thiazole rings is 1. The normalized spacial score (nSPS) is 15.7. The molecule has 2 amide bonds. The lowest BCUT2D eigenvalue weighted by Gasteiger charge is -2.16. The first-order chi connectivity index (χ1) is 17.8. The molecule has 0 saturated heterocycles. The topological polar surface area (TPSA) is 92.6 Å². The van der Waals surface area contributed by atoms with Gasteiger partial charge in [-0.15, -0.1) is 11.3 Å². The first-order valence-corrected chi connectivity index (χ1v) is 12.7. The van der Waals surface area contributed by atoms with Crippen molar-refractivity contribution in [2.75, 3.05) is 5.32 Å². The van der Waals surface area contributed by atoms with Crippen LogP contribution in [0.4, 0.5) is 14.5 Å². The highest BCUT2D eigenvalue weighted by Gasteiger charge is 2.24. The van der Waals surface area contributed by atoms with Gasteiger partial charge in [0.05, 0.1) is 12.1 Å². The quantitative estimate of drug-likeness (QED) is 0.354. The smallest absolute Gasteiger partial charge is 0.246 e. The maximum absolute atomic E-state index is 13.3. The number of halogens is 2. The second-order valence-corrected chi connectivity index (χ2v) is 10.3. The van der Waals surface area contributed by atoms with E-state index in [2.05, 4.69) is 15.0 Å². The number of hydrogen-bond donors (Lipinski definition) is 2. The zero-order valence-corrected chi connectivity index (χ0v) is 20.8. The summed E-state index contributed by atoms with van der Waals surface area (Å²) in [7, 11) is 0. The minimum atomic E-state index is -0.855. The van der Waals surface area contributed by atoms with Crippen LogP contribution in [0.2, 0.25) is 0 Å². The van der Waals surface area contributed by atoms with Gasteiger partial charge in [0.15, 0.2) is 4.96 Å². The van der Waals surface area contributed by atoms with E-state index in [9.17, 15) is 23.2 Å². The number of nitrogens with one attached hydrogen (secondary N) is 2. The predicted molar refractivity (Wildman–Crippen MR) is 136 cm³/mol. The molecule has 1 aliphatic rings. The fourth-order valence-electron chi connectivity index (χ4n) is 4.49. The maximum Gasteiger partial charge on any atom is 0.246 e. The molecular formula is C27H24F2N4O3S. The van der Waals surface area contributed by atoms with Crippen LogP contribution in [-0.4, -0.2) is 33.5 Å². The van der Waals surface area contributed by atoms with Crippen LogP contribution < -0.4 is 10.6 Å². The van der Waals surface area contributed by atoms with Crippen molar-refractivity contribution in [1.82, 2.24) is 14.7 Å². The Hall–Kier alpha value is -3.92. The highest BCUT2D eigenvalue weighted by Crippen LogP contribution is 2.33. The molecule has 2 aromatic carbocycles. The second kappa shape index (κ2) is 10.2. The van der Waals surface area contributed by atoms with E-state index in [0.29, 0.717) is 5.69 Å². The third kappa shape index (κ3) is 5.43. The van der Waals surface area contributed by atoms with Crippen LogP contribution in [0.25, 0.3) is 16.2 Å². The van der Waals surface area contributed by atoms with E-state index in [4.69, 9.17) is 4.98 Å². The Morgan fingerprint density at radius 2 is 1.92 bits per heavy atom. The van der Waals surface area contributed by atoms with Crippen LogP contribution in [-0.2, 0) is 33.6 Å². The average Bonchev–Trinajstić information content (AvgIpc) is 3.41. The van der Waals surface area contributed by atoms with Gasteiger partial charge in [-0.2, -0.15) is 0 Å². The maximum atomic E-state index is 13.3. The average molecular weight is 523 g/mol. The Morgan fingerprint density at radius 1 is 1.19 bits per heavy atom. The van der Waals surface area contributed by atoms with Gasteiger partial charge in [0.1, 0.15) is 24.0 Å². The summed E-state index contributed by atoms with van der Waals surface area (Å²) in [5.74, 6) is -2.43. The molecule has 1 unspecified atom stereocenters. The van der Waals surface area contributed by atoms with Crippen molar-refractivity contribution in [3.05, 3.63) is 76.4 Å². The monoisotopic (exact) mass is 522 g/mol. The minimum Gasteiger partial charge on any atom is -0.344 e. The number of carbonyl (C=O) groups excluding carboxylic acids is 3. The highest BCUT2D eigenvalue weighted by atomic mass is 32.1. The van der Waals surface area contributed by atoms with Crippen molar-refractivity contribution in [3.8, 4) is 11.3 Å². The van der Waals surface area contributed by atoms with E-state index in [1.807, 2.05) is 18.3 Å². The van der Waals surface area contributed by atoms with Crippen LogP contribution in [0.3, 0.4) is 0 Å². The Balaban J connectivity index is 1.20. The summed E-state index contributed by atoms with van der Waals surface area (Å²) in [4.78, 5) is 43.0. The van der Waals surface area contributed by atoms with Crippen molar-refractivity contribution >= 4 is 40.1 Å². The first-order valence-electron chi connectivity index (χ1n) is 11.9. The molecule has 190 valence electrons. The molecule has 2 aromatic heterocycles. The number of imidazole rings is 1. The SMILES string of the molecule is C[C@H](NC(=O)Cc1cc(F)cc(F)c1)C(=O)Nc1ccc(-c2cn3c4c(sc3n2)CCC(C=O)C4)cc1. The number of nitrogens with zero attached hydrogens (tertiary/aromatic N) is 2. The third-order valence-electron chi connectivity index (χ3n) is 6.40. The molecule has 0 spiro atoms. The predicted octanol–water partition coefficient (Wildman–Crippen LogP) is 4.33. The lowest BCUT2D eigenvalue weighted by molar-refractivity contribution is -0.125. The number of anilines is 1. The van der Waals surface area contributed by atoms with E-state index in [1.165, 1.54) is 11.8 Å². The summed E-state index contributed by atoms with van der Waals surface area (Å²) in [6.07, 6.45) is 5.28. The summed E-state index contributed by atoms with van der Waals surface area (Å²) < 4.78 is 28.7. The number of aryl methyl sites for hydroxylation is 1. The molecule has 4 aromatic rings. The van der Waals surface area contributed by atoms with E-state index >= 15 is 0 Å². The van der Waals surface area contributed by atoms with Crippen molar-refractivity contribution < 1.29 is 23.2 Å². The van der Waals surface area contributed by atoms with Crippen LogP contribution >= 0.6 is 11.3 Å². The van der Waals surface area contributed by atoms with Crippen LogP contribution in [0, 0.1) is 17.6 Å². The molecule has 2 N–H and O–H groups in total. The molecule has 0 radical (unpaired) electrons. The van der Waals surface area contributed by atoms with Crippen molar-refractivity contribution in [1.29, 1.82) is 0 Å². The summed E-state index contributed by atoms with van der Waals surface area (Å²) in [5.41, 5.74) is 3.57. The summed E-state index contributed by atoms with van der Waals surface area (Å²) in [5, 5.41) is 5.29. The van der Waals surface area contributed by atoms with Gasteiger partial charge in [-0.1, -0.05) is 12.1 Å². The van der Waals surface area contributed by atoms with Crippen LogP contribution in [0.1, 0.15) is 29.5 Å². The zero-order chi connectivity index (χ0) is 26.1. The Morgan fingerprint density at radius 3 is 2.62 bits per heavy atom.